The van der Waals surface area contributed by atoms with Crippen LogP contribution in [0.1, 0.15) is 59.9 Å². The summed E-state index contributed by atoms with van der Waals surface area (Å²) in [5.74, 6) is -3.18. The Balaban J connectivity index is 1.52. The van der Waals surface area contributed by atoms with Gasteiger partial charge in [0.2, 0.25) is 0 Å². The molecule has 5 atom stereocenters. The van der Waals surface area contributed by atoms with Crippen LogP contribution in [0.25, 0.3) is 0 Å². The molecule has 0 radical (unpaired) electrons. The van der Waals surface area contributed by atoms with Crippen LogP contribution < -0.4 is 0 Å². The molecule has 0 aliphatic heterocycles. The monoisotopic (exact) mass is 512 g/mol. The van der Waals surface area contributed by atoms with Crippen LogP contribution in [-0.4, -0.2) is 22.6 Å². The molecule has 7 rings (SSSR count). The van der Waals surface area contributed by atoms with Crippen LogP contribution in [-0.2, 0) is 19.7 Å². The lowest BCUT2D eigenvalue weighted by atomic mass is 9.55. The third-order valence-electron chi connectivity index (χ3n) is 7.65. The summed E-state index contributed by atoms with van der Waals surface area (Å²) in [7, 11) is 0. The lowest BCUT2D eigenvalue weighted by Gasteiger charge is -2.47. The van der Waals surface area contributed by atoms with Crippen molar-refractivity contribution in [1.82, 2.24) is 0 Å². The summed E-state index contributed by atoms with van der Waals surface area (Å²) in [5.41, 5.74) is 4.14. The molecule has 152 valence electrons. The van der Waals surface area contributed by atoms with Crippen molar-refractivity contribution in [3.05, 3.63) is 79.9 Å². The van der Waals surface area contributed by atoms with Gasteiger partial charge in [-0.2, -0.15) is 0 Å². The minimum atomic E-state index is -0.923. The average molecular weight is 512 g/mol. The molecule has 5 aliphatic rings. The molecule has 2 aromatic rings. The lowest BCUT2D eigenvalue weighted by molar-refractivity contribution is -0.169. The summed E-state index contributed by atoms with van der Waals surface area (Å²) in [4.78, 5) is 26.3. The fraction of sp³-hybridized carbons (Fsp3) is 0.360. The second kappa shape index (κ2) is 5.96. The van der Waals surface area contributed by atoms with E-state index in [1.54, 1.807) is 0 Å². The predicted octanol–water partition coefficient (Wildman–Crippen LogP) is 4.92. The molecule has 5 heteroatoms. The van der Waals surface area contributed by atoms with Gasteiger partial charge in [-0.15, -0.1) is 0 Å². The van der Waals surface area contributed by atoms with Gasteiger partial charge >= 0.3 is 11.9 Å². The normalized spacial score (nSPS) is 34.5. The van der Waals surface area contributed by atoms with Gasteiger partial charge in [0.15, 0.2) is 0 Å². The van der Waals surface area contributed by atoms with E-state index >= 15 is 0 Å². The van der Waals surface area contributed by atoms with E-state index in [0.29, 0.717) is 0 Å². The number of aliphatic carboxylic acids is 1. The molecule has 30 heavy (non-hydrogen) atoms. The summed E-state index contributed by atoms with van der Waals surface area (Å²) in [6.07, 6.45) is 4.84. The highest BCUT2D eigenvalue weighted by atomic mass is 127. The molecular weight excluding hydrogens is 491 g/mol. The van der Waals surface area contributed by atoms with Gasteiger partial charge in [0, 0.05) is 9.50 Å². The third-order valence-corrected chi connectivity index (χ3v) is 9.23. The molecule has 0 aromatic heterocycles. The lowest BCUT2D eigenvalue weighted by Crippen LogP contribution is -2.52. The number of rotatable bonds is 3. The number of carbonyl (C=O) groups excluding carboxylic acids is 1. The highest BCUT2D eigenvalue weighted by Gasteiger charge is 2.73. The first-order valence-electron chi connectivity index (χ1n) is 10.5. The molecule has 0 saturated heterocycles. The number of carboxylic acid groups (broad SMARTS) is 1. The van der Waals surface area contributed by atoms with Gasteiger partial charge in [0.05, 0.1) is 17.3 Å². The van der Waals surface area contributed by atoms with E-state index in [1.807, 2.05) is 37.3 Å². The molecule has 0 heterocycles. The number of esters is 1. The summed E-state index contributed by atoms with van der Waals surface area (Å²) >= 11 is 2.26. The Hall–Kier alpha value is -2.15. The zero-order valence-corrected chi connectivity index (χ0v) is 18.7. The molecule has 5 aliphatic carbocycles. The Morgan fingerprint density at radius 2 is 1.83 bits per heavy atom. The van der Waals surface area contributed by atoms with Crippen LogP contribution >= 0.6 is 22.6 Å². The van der Waals surface area contributed by atoms with Gasteiger partial charge in [-0.25, -0.2) is 0 Å². The van der Waals surface area contributed by atoms with Crippen molar-refractivity contribution < 1.29 is 19.4 Å². The fourth-order valence-electron chi connectivity index (χ4n) is 6.42. The summed E-state index contributed by atoms with van der Waals surface area (Å²) in [6, 6.07) is 14.1. The Morgan fingerprint density at radius 1 is 1.10 bits per heavy atom. The molecule has 2 aromatic carbocycles. The van der Waals surface area contributed by atoms with Crippen LogP contribution in [0.2, 0.25) is 0 Å². The molecule has 2 bridgehead atoms. The highest BCUT2D eigenvalue weighted by molar-refractivity contribution is 14.1. The van der Waals surface area contributed by atoms with Crippen molar-refractivity contribution in [2.75, 3.05) is 0 Å². The third kappa shape index (κ3) is 2.07. The van der Waals surface area contributed by atoms with E-state index in [4.69, 9.17) is 4.74 Å². The number of carboxylic acids is 1. The van der Waals surface area contributed by atoms with Crippen LogP contribution in [0.5, 0.6) is 0 Å². The Morgan fingerprint density at radius 3 is 2.60 bits per heavy atom. The van der Waals surface area contributed by atoms with E-state index < -0.39 is 28.8 Å². The molecule has 0 amide bonds. The van der Waals surface area contributed by atoms with Gasteiger partial charge in [0.25, 0.3) is 0 Å². The van der Waals surface area contributed by atoms with E-state index in [-0.39, 0.29) is 11.9 Å². The average Bonchev–Trinajstić information content (AvgIpc) is 3.41. The second-order valence-electron chi connectivity index (χ2n) is 9.08. The number of hydrogen-bond acceptors (Lipinski definition) is 3. The highest BCUT2D eigenvalue weighted by Crippen LogP contribution is 2.73. The molecule has 5 unspecified atom stereocenters. The predicted molar refractivity (Wildman–Crippen MR) is 120 cm³/mol. The van der Waals surface area contributed by atoms with Gasteiger partial charge < -0.3 is 9.84 Å². The Labute approximate surface area is 188 Å². The van der Waals surface area contributed by atoms with E-state index in [2.05, 4.69) is 40.8 Å². The number of hydrogen-bond donors (Lipinski definition) is 1. The maximum atomic E-state index is 13.8. The minimum Gasteiger partial charge on any atom is -0.481 e. The number of halogens is 1. The standard InChI is InChI=1S/C25H21IO4/c1-24(12-5-4-11-17(24)26)30-23(29)21-19(22(27)28)18-13-7-2-3-9-15(13)25(21)16-10-6-8-14(18)20(16)25/h2-3,6-11,18-19,21H,4-5,12H2,1H3,(H,27,28). The second-order valence-corrected chi connectivity index (χ2v) is 10.2. The van der Waals surface area contributed by atoms with Crippen LogP contribution in [0, 0.1) is 11.8 Å². The first-order chi connectivity index (χ1) is 14.4. The number of fused-ring (bicyclic) bond motifs is 1. The molecule has 1 spiro atoms. The van der Waals surface area contributed by atoms with Crippen molar-refractivity contribution in [3.63, 3.8) is 0 Å². The molecule has 0 saturated carbocycles. The first-order valence-corrected chi connectivity index (χ1v) is 11.5. The number of allylic oxidation sites excluding steroid dienone is 1. The van der Waals surface area contributed by atoms with E-state index in [9.17, 15) is 14.7 Å². The number of benzene rings is 2. The van der Waals surface area contributed by atoms with Gasteiger partial charge in [0.1, 0.15) is 5.60 Å². The summed E-state index contributed by atoms with van der Waals surface area (Å²) in [5, 5.41) is 10.3. The van der Waals surface area contributed by atoms with Gasteiger partial charge in [-0.3, -0.25) is 9.59 Å². The SMILES string of the molecule is CC1(OC(=O)C2C(C(=O)O)C3c4ccccc4C24c2cccc3c24)CCCC=C1I. The smallest absolute Gasteiger partial charge is 0.312 e. The minimum absolute atomic E-state index is 0.315. The van der Waals surface area contributed by atoms with Crippen molar-refractivity contribution in [2.24, 2.45) is 11.8 Å². The maximum absolute atomic E-state index is 13.8. The van der Waals surface area contributed by atoms with Crippen LogP contribution in [0.4, 0.5) is 0 Å². The first kappa shape index (κ1) is 18.6. The van der Waals surface area contributed by atoms with Crippen LogP contribution in [0.3, 0.4) is 0 Å². The van der Waals surface area contributed by atoms with Crippen molar-refractivity contribution in [1.29, 1.82) is 0 Å². The van der Waals surface area contributed by atoms with E-state index in [1.165, 1.54) is 0 Å². The molecule has 0 fully saturated rings. The van der Waals surface area contributed by atoms with Gasteiger partial charge in [-0.1, -0.05) is 48.5 Å². The molecule has 1 N–H and O–H groups in total. The van der Waals surface area contributed by atoms with Crippen molar-refractivity contribution in [2.45, 2.75) is 43.1 Å². The fourth-order valence-corrected chi connectivity index (χ4v) is 7.11. The van der Waals surface area contributed by atoms with Gasteiger partial charge in [-0.05, 0) is 76.6 Å². The molecule has 4 nitrogen and oxygen atoms in total. The quantitative estimate of drug-likeness (QED) is 0.469. The zero-order valence-electron chi connectivity index (χ0n) is 16.5. The van der Waals surface area contributed by atoms with Crippen LogP contribution in [0.15, 0.2) is 52.1 Å². The summed E-state index contributed by atoms with van der Waals surface area (Å²) < 4.78 is 7.20. The van der Waals surface area contributed by atoms with Crippen molar-refractivity contribution >= 4 is 34.5 Å². The summed E-state index contributed by atoms with van der Waals surface area (Å²) in [6.45, 7) is 1.95. The van der Waals surface area contributed by atoms with E-state index in [0.717, 1.165) is 50.7 Å². The Bertz CT molecular complexity index is 1170. The molecular formula is C25H21IO4. The topological polar surface area (TPSA) is 63.6 Å². The van der Waals surface area contributed by atoms with Crippen molar-refractivity contribution in [3.8, 4) is 0 Å². The zero-order chi connectivity index (χ0) is 20.8. The Kier molecular flexibility index (Phi) is 3.70. The number of ether oxygens (including phenoxy) is 1. The maximum Gasteiger partial charge on any atom is 0.312 e. The largest absolute Gasteiger partial charge is 0.481 e. The number of carbonyl (C=O) groups is 2.